The van der Waals surface area contributed by atoms with Gasteiger partial charge in [-0.15, -0.1) is 0 Å². The van der Waals surface area contributed by atoms with Gasteiger partial charge in [0.15, 0.2) is 17.5 Å². The Hall–Kier alpha value is -7.50. The summed E-state index contributed by atoms with van der Waals surface area (Å²) in [7, 11) is 0. The number of hydrogen-bond acceptors (Lipinski definition) is 5. The molecule has 258 valence electrons. The van der Waals surface area contributed by atoms with Crippen LogP contribution in [0.4, 0.5) is 0 Å². The van der Waals surface area contributed by atoms with Crippen LogP contribution in [0, 0.1) is 0 Å². The average molecular weight is 705 g/mol. The summed E-state index contributed by atoms with van der Waals surface area (Å²) in [5, 5.41) is 2.05. The number of pyridine rings is 1. The van der Waals surface area contributed by atoms with Gasteiger partial charge in [-0.3, -0.25) is 4.98 Å². The lowest BCUT2D eigenvalue weighted by molar-refractivity contribution is 0.671. The number of nitrogens with zero attached hydrogens (tertiary/aromatic N) is 4. The van der Waals surface area contributed by atoms with Crippen molar-refractivity contribution in [2.45, 2.75) is 0 Å². The Labute approximate surface area is 318 Å². The van der Waals surface area contributed by atoms with Gasteiger partial charge in [-0.25, -0.2) is 15.0 Å². The summed E-state index contributed by atoms with van der Waals surface area (Å²) in [5.41, 5.74) is 12.6. The molecule has 0 amide bonds. The van der Waals surface area contributed by atoms with Crippen LogP contribution < -0.4 is 0 Å². The van der Waals surface area contributed by atoms with Gasteiger partial charge in [-0.2, -0.15) is 0 Å². The van der Waals surface area contributed by atoms with E-state index in [1.54, 1.807) is 0 Å². The summed E-state index contributed by atoms with van der Waals surface area (Å²) >= 11 is 0. The maximum atomic E-state index is 7.03. The monoisotopic (exact) mass is 704 g/mol. The molecule has 0 saturated carbocycles. The molecule has 10 rings (SSSR count). The molecule has 5 nitrogen and oxygen atoms in total. The Balaban J connectivity index is 1.18. The van der Waals surface area contributed by atoms with Gasteiger partial charge in [-0.1, -0.05) is 158 Å². The first kappa shape index (κ1) is 32.2. The van der Waals surface area contributed by atoms with E-state index in [-0.39, 0.29) is 0 Å². The second-order valence-electron chi connectivity index (χ2n) is 13.4. The molecular weight excluding hydrogens is 673 g/mol. The molecule has 0 bridgehead atoms. The Bertz CT molecular complexity index is 2870. The zero-order chi connectivity index (χ0) is 36.6. The molecule has 0 radical (unpaired) electrons. The summed E-state index contributed by atoms with van der Waals surface area (Å²) in [5.74, 6) is 1.78. The third-order valence-corrected chi connectivity index (χ3v) is 9.99. The molecular formula is C50H32N4O. The minimum Gasteiger partial charge on any atom is -0.455 e. The Morgan fingerprint density at radius 2 is 0.800 bits per heavy atom. The molecule has 7 aromatic carbocycles. The van der Waals surface area contributed by atoms with Crippen molar-refractivity contribution in [3.63, 3.8) is 0 Å². The summed E-state index contributed by atoms with van der Waals surface area (Å²) < 4.78 is 7.03. The molecule has 0 spiro atoms. The largest absolute Gasteiger partial charge is 0.455 e. The van der Waals surface area contributed by atoms with E-state index in [1.807, 2.05) is 85.1 Å². The van der Waals surface area contributed by atoms with Crippen LogP contribution in [0.3, 0.4) is 0 Å². The van der Waals surface area contributed by atoms with Crippen molar-refractivity contribution in [3.05, 3.63) is 194 Å². The highest BCUT2D eigenvalue weighted by Crippen LogP contribution is 2.46. The van der Waals surface area contributed by atoms with Crippen molar-refractivity contribution in [2.75, 3.05) is 0 Å². The fourth-order valence-electron chi connectivity index (χ4n) is 7.29. The van der Waals surface area contributed by atoms with Gasteiger partial charge < -0.3 is 4.42 Å². The standard InChI is InChI=1S/C50H32N4O/c1-6-16-33(17-7-1)39-30-42(35-20-10-3-11-21-35)46-43(31-39)45-41(28-27-40(47(45)55-46)34-18-8-2-9-19-34)44-29-26-38(32-51-44)50-53-48(36-22-12-4-13-23-36)52-49(54-50)37-24-14-5-15-25-37/h1-32H. The molecule has 0 aliphatic carbocycles. The van der Waals surface area contributed by atoms with Gasteiger partial charge in [0.05, 0.1) is 5.69 Å². The highest BCUT2D eigenvalue weighted by Gasteiger charge is 2.22. The van der Waals surface area contributed by atoms with Gasteiger partial charge in [0, 0.05) is 50.4 Å². The van der Waals surface area contributed by atoms with Crippen LogP contribution in [-0.2, 0) is 0 Å². The topological polar surface area (TPSA) is 64.7 Å². The molecule has 3 aromatic heterocycles. The van der Waals surface area contributed by atoms with Gasteiger partial charge in [-0.05, 0) is 52.6 Å². The fourth-order valence-corrected chi connectivity index (χ4v) is 7.29. The second-order valence-corrected chi connectivity index (χ2v) is 13.4. The zero-order valence-electron chi connectivity index (χ0n) is 29.7. The lowest BCUT2D eigenvalue weighted by atomic mass is 9.93. The normalized spacial score (nSPS) is 11.3. The Morgan fingerprint density at radius 3 is 1.33 bits per heavy atom. The van der Waals surface area contributed by atoms with E-state index < -0.39 is 0 Å². The molecule has 0 fully saturated rings. The number of furan rings is 1. The molecule has 0 N–H and O–H groups in total. The minimum absolute atomic E-state index is 0.560. The van der Waals surface area contributed by atoms with Crippen LogP contribution in [0.1, 0.15) is 0 Å². The van der Waals surface area contributed by atoms with E-state index in [0.717, 1.165) is 83.3 Å². The lowest BCUT2D eigenvalue weighted by Gasteiger charge is -2.10. The van der Waals surface area contributed by atoms with Crippen molar-refractivity contribution in [1.82, 2.24) is 19.9 Å². The number of aromatic nitrogens is 4. The first-order chi connectivity index (χ1) is 27.3. The van der Waals surface area contributed by atoms with Crippen molar-refractivity contribution < 1.29 is 4.42 Å². The molecule has 10 aromatic rings. The quantitative estimate of drug-likeness (QED) is 0.165. The predicted octanol–water partition coefficient (Wildman–Crippen LogP) is 12.8. The van der Waals surface area contributed by atoms with Crippen LogP contribution in [0.15, 0.2) is 199 Å². The predicted molar refractivity (Wildman–Crippen MR) is 223 cm³/mol. The first-order valence-corrected chi connectivity index (χ1v) is 18.3. The van der Waals surface area contributed by atoms with Crippen LogP contribution in [0.2, 0.25) is 0 Å². The number of hydrogen-bond donors (Lipinski definition) is 0. The summed E-state index contributed by atoms with van der Waals surface area (Å²) in [6.07, 6.45) is 1.86. The van der Waals surface area contributed by atoms with E-state index in [1.165, 1.54) is 0 Å². The molecule has 3 heterocycles. The fraction of sp³-hybridized carbons (Fsp3) is 0. The van der Waals surface area contributed by atoms with Gasteiger partial charge in [0.25, 0.3) is 0 Å². The van der Waals surface area contributed by atoms with E-state index in [0.29, 0.717) is 17.5 Å². The maximum Gasteiger partial charge on any atom is 0.165 e. The van der Waals surface area contributed by atoms with Crippen molar-refractivity contribution in [3.8, 4) is 78.8 Å². The first-order valence-electron chi connectivity index (χ1n) is 18.3. The van der Waals surface area contributed by atoms with Crippen molar-refractivity contribution in [2.24, 2.45) is 0 Å². The van der Waals surface area contributed by atoms with E-state index in [9.17, 15) is 0 Å². The highest BCUT2D eigenvalue weighted by atomic mass is 16.3. The van der Waals surface area contributed by atoms with E-state index in [2.05, 4.69) is 109 Å². The number of benzene rings is 7. The van der Waals surface area contributed by atoms with Crippen molar-refractivity contribution in [1.29, 1.82) is 0 Å². The van der Waals surface area contributed by atoms with Crippen LogP contribution in [-0.4, -0.2) is 19.9 Å². The zero-order valence-corrected chi connectivity index (χ0v) is 29.7. The van der Waals surface area contributed by atoms with Crippen LogP contribution >= 0.6 is 0 Å². The van der Waals surface area contributed by atoms with Crippen LogP contribution in [0.5, 0.6) is 0 Å². The number of rotatable bonds is 7. The van der Waals surface area contributed by atoms with Gasteiger partial charge in [0.2, 0.25) is 0 Å². The average Bonchev–Trinajstić information content (AvgIpc) is 3.67. The lowest BCUT2D eigenvalue weighted by Crippen LogP contribution is -2.00. The Morgan fingerprint density at radius 1 is 0.327 bits per heavy atom. The second kappa shape index (κ2) is 13.8. The smallest absolute Gasteiger partial charge is 0.165 e. The molecule has 0 saturated heterocycles. The van der Waals surface area contributed by atoms with Crippen LogP contribution in [0.25, 0.3) is 101 Å². The molecule has 0 unspecified atom stereocenters. The van der Waals surface area contributed by atoms with E-state index in [4.69, 9.17) is 24.4 Å². The molecule has 0 aliphatic rings. The third-order valence-electron chi connectivity index (χ3n) is 9.99. The third kappa shape index (κ3) is 6.04. The summed E-state index contributed by atoms with van der Waals surface area (Å²) in [6.45, 7) is 0. The summed E-state index contributed by atoms with van der Waals surface area (Å²) in [4.78, 5) is 19.8. The minimum atomic E-state index is 0.560. The van der Waals surface area contributed by atoms with E-state index >= 15 is 0 Å². The molecule has 55 heavy (non-hydrogen) atoms. The Kier molecular flexibility index (Phi) is 8.08. The van der Waals surface area contributed by atoms with Crippen molar-refractivity contribution >= 4 is 21.9 Å². The maximum absolute atomic E-state index is 7.03. The molecule has 0 aliphatic heterocycles. The van der Waals surface area contributed by atoms with Gasteiger partial charge in [0.1, 0.15) is 11.2 Å². The molecule has 5 heteroatoms. The van der Waals surface area contributed by atoms with Gasteiger partial charge >= 0.3 is 0 Å². The molecule has 0 atom stereocenters. The SMILES string of the molecule is c1ccc(-c2cc(-c3ccccc3)c3oc4c(-c5ccccc5)ccc(-c5ccc(-c6nc(-c7ccccc7)nc(-c7ccccc7)n6)cn5)c4c3c2)cc1. The number of fused-ring (bicyclic) bond motifs is 3. The highest BCUT2D eigenvalue weighted by molar-refractivity contribution is 6.19. The summed E-state index contributed by atoms with van der Waals surface area (Å²) in [6, 6.07) is 64.4.